The molecule has 0 radical (unpaired) electrons. The van der Waals surface area contributed by atoms with Crippen molar-refractivity contribution in [2.75, 3.05) is 0 Å². The van der Waals surface area contributed by atoms with Crippen LogP contribution in [-0.2, 0) is 6.42 Å². The van der Waals surface area contributed by atoms with E-state index in [9.17, 15) is 4.39 Å². The quantitative estimate of drug-likeness (QED) is 0.661. The van der Waals surface area contributed by atoms with E-state index in [4.69, 9.17) is 17.4 Å². The SMILES string of the molecule is NNC(Cc1cc(Cl)ccc1F)C1C2C3CCC(C3)C21. The topological polar surface area (TPSA) is 38.0 Å². The van der Waals surface area contributed by atoms with E-state index in [1.54, 1.807) is 12.1 Å². The predicted molar refractivity (Wildman–Crippen MR) is 77.5 cm³/mol. The molecular formula is C16H20ClFN2. The van der Waals surface area contributed by atoms with Gasteiger partial charge >= 0.3 is 0 Å². The van der Waals surface area contributed by atoms with Crippen molar-refractivity contribution in [2.24, 2.45) is 35.4 Å². The van der Waals surface area contributed by atoms with Gasteiger partial charge in [-0.2, -0.15) is 0 Å². The Labute approximate surface area is 123 Å². The molecular weight excluding hydrogens is 275 g/mol. The summed E-state index contributed by atoms with van der Waals surface area (Å²) in [5.41, 5.74) is 3.63. The van der Waals surface area contributed by atoms with Gasteiger partial charge in [0.2, 0.25) is 0 Å². The number of halogens is 2. The summed E-state index contributed by atoms with van der Waals surface area (Å²) in [6.07, 6.45) is 4.85. The van der Waals surface area contributed by atoms with Crippen molar-refractivity contribution >= 4 is 11.6 Å². The number of nitrogens with one attached hydrogen (secondary N) is 1. The number of hydrogen-bond donors (Lipinski definition) is 2. The van der Waals surface area contributed by atoms with Gasteiger partial charge in [-0.25, -0.2) is 4.39 Å². The van der Waals surface area contributed by atoms with Crippen molar-refractivity contribution in [3.8, 4) is 0 Å². The third-order valence-corrected chi connectivity index (χ3v) is 6.16. The van der Waals surface area contributed by atoms with Crippen LogP contribution in [0.25, 0.3) is 0 Å². The Morgan fingerprint density at radius 1 is 1.30 bits per heavy atom. The Bertz CT molecular complexity index is 519. The zero-order valence-electron chi connectivity index (χ0n) is 11.4. The van der Waals surface area contributed by atoms with Crippen molar-refractivity contribution in [3.05, 3.63) is 34.6 Å². The summed E-state index contributed by atoms with van der Waals surface area (Å²) in [7, 11) is 0. The molecule has 108 valence electrons. The number of fused-ring (bicyclic) bond motifs is 5. The highest BCUT2D eigenvalue weighted by atomic mass is 35.5. The van der Waals surface area contributed by atoms with E-state index in [1.807, 2.05) is 0 Å². The monoisotopic (exact) mass is 294 g/mol. The van der Waals surface area contributed by atoms with Gasteiger partial charge in [-0.15, -0.1) is 0 Å². The second-order valence-electron chi connectivity index (χ2n) is 6.78. The van der Waals surface area contributed by atoms with Gasteiger partial charge in [0.25, 0.3) is 0 Å². The van der Waals surface area contributed by atoms with Crippen LogP contribution in [0.5, 0.6) is 0 Å². The first-order valence-corrected chi connectivity index (χ1v) is 7.97. The van der Waals surface area contributed by atoms with Gasteiger partial charge < -0.3 is 0 Å². The molecule has 0 amide bonds. The van der Waals surface area contributed by atoms with Crippen LogP contribution in [0, 0.1) is 35.4 Å². The molecule has 4 heteroatoms. The summed E-state index contributed by atoms with van der Waals surface area (Å²) in [6, 6.07) is 4.95. The van der Waals surface area contributed by atoms with Crippen molar-refractivity contribution in [3.63, 3.8) is 0 Å². The van der Waals surface area contributed by atoms with Gasteiger partial charge in [-0.1, -0.05) is 11.6 Å². The molecule has 2 nitrogen and oxygen atoms in total. The number of benzene rings is 1. The van der Waals surface area contributed by atoms with E-state index in [0.29, 0.717) is 22.9 Å². The number of nitrogens with two attached hydrogens (primary N) is 1. The smallest absolute Gasteiger partial charge is 0.126 e. The van der Waals surface area contributed by atoms with E-state index in [-0.39, 0.29) is 11.9 Å². The highest BCUT2D eigenvalue weighted by Crippen LogP contribution is 2.70. The zero-order chi connectivity index (χ0) is 13.9. The molecule has 3 aliphatic carbocycles. The minimum atomic E-state index is -0.177. The van der Waals surface area contributed by atoms with Crippen LogP contribution >= 0.6 is 11.6 Å². The highest BCUT2D eigenvalue weighted by Gasteiger charge is 2.66. The lowest BCUT2D eigenvalue weighted by atomic mass is 9.93. The van der Waals surface area contributed by atoms with Gasteiger partial charge in [0.1, 0.15) is 5.82 Å². The maximum Gasteiger partial charge on any atom is 0.126 e. The largest absolute Gasteiger partial charge is 0.271 e. The molecule has 3 N–H and O–H groups in total. The Kier molecular flexibility index (Phi) is 3.06. The molecule has 20 heavy (non-hydrogen) atoms. The number of hydrazine groups is 1. The maximum atomic E-state index is 13.9. The van der Waals surface area contributed by atoms with Gasteiger partial charge in [-0.3, -0.25) is 11.3 Å². The summed E-state index contributed by atoms with van der Waals surface area (Å²) in [5, 5.41) is 0.591. The normalized spacial score (nSPS) is 38.9. The van der Waals surface area contributed by atoms with Crippen molar-refractivity contribution in [1.82, 2.24) is 5.43 Å². The third-order valence-electron chi connectivity index (χ3n) is 5.92. The Morgan fingerprint density at radius 3 is 2.65 bits per heavy atom. The molecule has 0 spiro atoms. The van der Waals surface area contributed by atoms with Crippen molar-refractivity contribution in [2.45, 2.75) is 31.7 Å². The van der Waals surface area contributed by atoms with Gasteiger partial charge in [-0.05, 0) is 79.0 Å². The molecule has 4 rings (SSSR count). The molecule has 5 atom stereocenters. The molecule has 0 saturated heterocycles. The van der Waals surface area contributed by atoms with Crippen LogP contribution < -0.4 is 11.3 Å². The van der Waals surface area contributed by atoms with E-state index in [2.05, 4.69) is 5.43 Å². The van der Waals surface area contributed by atoms with E-state index < -0.39 is 0 Å². The molecule has 0 heterocycles. The first kappa shape index (κ1) is 13.1. The summed E-state index contributed by atoms with van der Waals surface area (Å²) in [4.78, 5) is 0. The molecule has 0 aliphatic heterocycles. The fourth-order valence-corrected chi connectivity index (χ4v) is 5.37. The minimum absolute atomic E-state index is 0.177. The minimum Gasteiger partial charge on any atom is -0.271 e. The molecule has 3 aliphatic rings. The van der Waals surface area contributed by atoms with Crippen LogP contribution in [0.3, 0.4) is 0 Å². The first-order valence-electron chi connectivity index (χ1n) is 7.59. The molecule has 3 fully saturated rings. The van der Waals surface area contributed by atoms with Crippen LogP contribution in [-0.4, -0.2) is 6.04 Å². The van der Waals surface area contributed by atoms with Gasteiger partial charge in [0, 0.05) is 11.1 Å². The maximum absolute atomic E-state index is 13.9. The Balaban J connectivity index is 1.51. The zero-order valence-corrected chi connectivity index (χ0v) is 12.1. The van der Waals surface area contributed by atoms with Crippen molar-refractivity contribution < 1.29 is 4.39 Å². The third kappa shape index (κ3) is 1.91. The van der Waals surface area contributed by atoms with Gasteiger partial charge in [0.05, 0.1) is 0 Å². The number of rotatable bonds is 4. The highest BCUT2D eigenvalue weighted by molar-refractivity contribution is 6.30. The second kappa shape index (κ2) is 4.69. The summed E-state index contributed by atoms with van der Waals surface area (Å²) >= 11 is 5.97. The second-order valence-corrected chi connectivity index (χ2v) is 7.21. The summed E-state index contributed by atoms with van der Waals surface area (Å²) in [6.45, 7) is 0. The fraction of sp³-hybridized carbons (Fsp3) is 0.625. The molecule has 2 bridgehead atoms. The molecule has 0 aromatic heterocycles. The van der Waals surface area contributed by atoms with Crippen molar-refractivity contribution in [1.29, 1.82) is 0 Å². The molecule has 3 saturated carbocycles. The Hall–Kier alpha value is -0.640. The lowest BCUT2D eigenvalue weighted by Gasteiger charge is -2.20. The lowest BCUT2D eigenvalue weighted by Crippen LogP contribution is -2.40. The summed E-state index contributed by atoms with van der Waals surface area (Å²) < 4.78 is 13.9. The standard InChI is InChI=1S/C16H20ClFN2/c17-11-3-4-12(18)10(6-11)7-13(20-19)16-14-8-1-2-9(5-8)15(14)16/h3-4,6,8-9,13-16,20H,1-2,5,7,19H2. The molecule has 1 aromatic rings. The average molecular weight is 295 g/mol. The summed E-state index contributed by atoms with van der Waals surface area (Å²) in [5.74, 6) is 9.74. The lowest BCUT2D eigenvalue weighted by molar-refractivity contribution is 0.362. The van der Waals surface area contributed by atoms with Crippen LogP contribution in [0.15, 0.2) is 18.2 Å². The van der Waals surface area contributed by atoms with Gasteiger partial charge in [0.15, 0.2) is 0 Å². The van der Waals surface area contributed by atoms with Crippen LogP contribution in [0.4, 0.5) is 4.39 Å². The fourth-order valence-electron chi connectivity index (χ4n) is 5.17. The first-order chi connectivity index (χ1) is 9.69. The average Bonchev–Trinajstić information content (AvgIpc) is 2.87. The van der Waals surface area contributed by atoms with E-state index >= 15 is 0 Å². The molecule has 5 unspecified atom stereocenters. The van der Waals surface area contributed by atoms with Crippen LogP contribution in [0.2, 0.25) is 5.02 Å². The van der Waals surface area contributed by atoms with Crippen LogP contribution in [0.1, 0.15) is 24.8 Å². The number of hydrogen-bond acceptors (Lipinski definition) is 2. The predicted octanol–water partition coefficient (Wildman–Crippen LogP) is 3.15. The Morgan fingerprint density at radius 2 is 2.00 bits per heavy atom. The molecule has 1 aromatic carbocycles. The van der Waals surface area contributed by atoms with E-state index in [1.165, 1.54) is 25.3 Å². The van der Waals surface area contributed by atoms with E-state index in [0.717, 1.165) is 23.7 Å².